The van der Waals surface area contributed by atoms with Crippen molar-refractivity contribution in [2.24, 2.45) is 5.73 Å². The molecule has 0 bridgehead atoms. The normalized spacial score (nSPS) is 14.2. The number of aliphatic carboxylic acids is 5. The van der Waals surface area contributed by atoms with Crippen molar-refractivity contribution in [1.82, 2.24) is 36.9 Å². The zero-order valence-corrected chi connectivity index (χ0v) is 34.1. The van der Waals surface area contributed by atoms with Gasteiger partial charge in [0.05, 0.1) is 25.3 Å². The lowest BCUT2D eigenvalue weighted by Gasteiger charge is -2.26. The maximum Gasteiger partial charge on any atom is 0.326 e. The van der Waals surface area contributed by atoms with Gasteiger partial charge in [-0.25, -0.2) is 4.79 Å². The first-order valence-corrected chi connectivity index (χ1v) is 19.4. The molecule has 0 unspecified atom stereocenters. The van der Waals surface area contributed by atoms with Gasteiger partial charge in [0, 0.05) is 36.4 Å². The second-order valence-corrected chi connectivity index (χ2v) is 14.5. The number of hydrogen-bond donors (Lipinski definition) is 13. The van der Waals surface area contributed by atoms with E-state index in [1.165, 1.54) is 6.20 Å². The third-order valence-electron chi connectivity index (χ3n) is 9.42. The molecule has 1 heterocycles. The van der Waals surface area contributed by atoms with Crippen molar-refractivity contribution in [2.45, 2.75) is 94.2 Å². The number of carboxylic acids is 5. The van der Waals surface area contributed by atoms with Crippen LogP contribution < -0.4 is 37.6 Å². The SMILES string of the molecule is C[C@H](NC(=O)[C@H](CC(=O)O)NC(=O)[C@H](CC(=O)O)NC(=O)[C@@H](N)CCC(=O)O)C(=O)N[C@@H](Cc1c[nH]c2ccccc12)C(=O)N[C@@H](CC(=O)O)C(=O)N[C@@H](Cc1ccccc1)C(=O)O. The molecule has 344 valence electrons. The lowest BCUT2D eigenvalue weighted by molar-refractivity contribution is -0.144. The molecule has 3 rings (SSSR count). The van der Waals surface area contributed by atoms with Crippen molar-refractivity contribution in [1.29, 1.82) is 0 Å². The number of nitrogens with two attached hydrogens (primary N) is 1. The molecular weight excluding hydrogens is 848 g/mol. The fraction of sp³-hybridized carbons (Fsp3) is 0.375. The Morgan fingerprint density at radius 3 is 1.50 bits per heavy atom. The van der Waals surface area contributed by atoms with Gasteiger partial charge < -0.3 is 68.2 Å². The predicted octanol–water partition coefficient (Wildman–Crippen LogP) is -2.42. The third-order valence-corrected chi connectivity index (χ3v) is 9.42. The molecule has 1 aromatic heterocycles. The van der Waals surface area contributed by atoms with Crippen LogP contribution in [0, 0.1) is 0 Å². The molecule has 0 fully saturated rings. The second-order valence-electron chi connectivity index (χ2n) is 14.5. The summed E-state index contributed by atoms with van der Waals surface area (Å²) in [5.41, 5.74) is 7.25. The molecule has 3 aromatic rings. The van der Waals surface area contributed by atoms with E-state index in [9.17, 15) is 73.2 Å². The number of H-pyrrole nitrogens is 1. The maximum absolute atomic E-state index is 13.9. The molecule has 7 atom stereocenters. The standard InChI is InChI=1S/C40H48N8O16/c1-19(43-36(59)26(15-31(51)52)46-38(61)27(16-32(53)54)45-35(58)23(41)11-12-30(49)50)34(57)44-25(14-21-18-42-24-10-6-5-9-22(21)24)37(60)47-28(17-33(55)56)39(62)48-29(40(63)64)13-20-7-3-2-4-8-20/h2-10,18-19,23,25-29,42H,11-17,41H2,1H3,(H,43,59)(H,44,57)(H,45,58)(H,46,61)(H,47,60)(H,48,62)(H,49,50)(H,51,52)(H,53,54)(H,55,56)(H,63,64)/t19-,23-,25-,26-,27-,28-,29-/m0/s1. The average molecular weight is 897 g/mol. The minimum Gasteiger partial charge on any atom is -0.481 e. The molecule has 0 radical (unpaired) electrons. The molecule has 24 nitrogen and oxygen atoms in total. The van der Waals surface area contributed by atoms with Crippen molar-refractivity contribution in [3.05, 3.63) is 71.9 Å². The number of carbonyl (C=O) groups excluding carboxylic acids is 6. The Bertz CT molecular complexity index is 2230. The van der Waals surface area contributed by atoms with E-state index < -0.39 is 140 Å². The Balaban J connectivity index is 1.84. The Labute approximate surface area is 362 Å². The molecule has 0 aliphatic rings. The van der Waals surface area contributed by atoms with Gasteiger partial charge in [-0.3, -0.25) is 47.9 Å². The minimum absolute atomic E-state index is 0.195. The summed E-state index contributed by atoms with van der Waals surface area (Å²) in [6.45, 7) is 1.11. The van der Waals surface area contributed by atoms with Crippen LogP contribution >= 0.6 is 0 Å². The van der Waals surface area contributed by atoms with Crippen LogP contribution in [-0.2, 0) is 65.6 Å². The van der Waals surface area contributed by atoms with Gasteiger partial charge in [0.2, 0.25) is 35.4 Å². The molecule has 0 aliphatic heterocycles. The Morgan fingerprint density at radius 1 is 0.531 bits per heavy atom. The number of carboxylic acid groups (broad SMARTS) is 5. The van der Waals surface area contributed by atoms with Gasteiger partial charge in [-0.2, -0.15) is 0 Å². The van der Waals surface area contributed by atoms with Crippen LogP contribution in [0.3, 0.4) is 0 Å². The van der Waals surface area contributed by atoms with Crippen LogP contribution in [0.25, 0.3) is 10.9 Å². The van der Waals surface area contributed by atoms with Crippen molar-refractivity contribution in [2.75, 3.05) is 0 Å². The summed E-state index contributed by atoms with van der Waals surface area (Å²) in [7, 11) is 0. The first kappa shape index (κ1) is 50.5. The van der Waals surface area contributed by atoms with E-state index in [4.69, 9.17) is 10.8 Å². The summed E-state index contributed by atoms with van der Waals surface area (Å²) in [6, 6.07) is 2.94. The van der Waals surface area contributed by atoms with E-state index in [1.807, 2.05) is 10.6 Å². The number of nitrogens with one attached hydrogen (secondary N) is 7. The summed E-state index contributed by atoms with van der Waals surface area (Å²) >= 11 is 0. The Kier molecular flexibility index (Phi) is 18.9. The van der Waals surface area contributed by atoms with Gasteiger partial charge in [0.25, 0.3) is 0 Å². The largest absolute Gasteiger partial charge is 0.481 e. The number of benzene rings is 2. The Hall–Kier alpha value is -7.89. The highest BCUT2D eigenvalue weighted by molar-refractivity contribution is 5.99. The second kappa shape index (κ2) is 23.9. The molecule has 64 heavy (non-hydrogen) atoms. The fourth-order valence-corrected chi connectivity index (χ4v) is 6.11. The number of aromatic nitrogens is 1. The van der Waals surface area contributed by atoms with Gasteiger partial charge in [0.1, 0.15) is 36.3 Å². The summed E-state index contributed by atoms with van der Waals surface area (Å²) in [5, 5.41) is 60.9. The molecule has 24 heteroatoms. The topological polar surface area (TPSA) is 403 Å². The molecule has 2 aromatic carbocycles. The summed E-state index contributed by atoms with van der Waals surface area (Å²) < 4.78 is 0. The molecule has 0 spiro atoms. The van der Waals surface area contributed by atoms with Crippen LogP contribution in [0.15, 0.2) is 60.8 Å². The van der Waals surface area contributed by atoms with Crippen molar-refractivity contribution < 1.29 is 78.3 Å². The molecule has 0 saturated heterocycles. The van der Waals surface area contributed by atoms with Crippen LogP contribution in [0.1, 0.15) is 50.2 Å². The number of rotatable bonds is 26. The van der Waals surface area contributed by atoms with E-state index in [0.717, 1.165) is 6.92 Å². The molecule has 14 N–H and O–H groups in total. The summed E-state index contributed by atoms with van der Waals surface area (Å²) in [4.78, 5) is 141. The monoisotopic (exact) mass is 896 g/mol. The van der Waals surface area contributed by atoms with Crippen LogP contribution in [-0.4, -0.2) is 138 Å². The van der Waals surface area contributed by atoms with Gasteiger partial charge >= 0.3 is 29.8 Å². The third kappa shape index (κ3) is 16.2. The van der Waals surface area contributed by atoms with E-state index in [-0.39, 0.29) is 12.8 Å². The number of hydrogen-bond acceptors (Lipinski definition) is 12. The lowest BCUT2D eigenvalue weighted by atomic mass is 10.0. The molecule has 0 aliphatic carbocycles. The molecular formula is C40H48N8O16. The van der Waals surface area contributed by atoms with Crippen LogP contribution in [0.4, 0.5) is 0 Å². The van der Waals surface area contributed by atoms with Crippen molar-refractivity contribution in [3.63, 3.8) is 0 Å². The summed E-state index contributed by atoms with van der Waals surface area (Å²) in [6.07, 6.45) is -3.12. The lowest BCUT2D eigenvalue weighted by Crippen LogP contribution is -2.60. The number of fused-ring (bicyclic) bond motifs is 1. The first-order valence-electron chi connectivity index (χ1n) is 19.4. The highest BCUT2D eigenvalue weighted by Gasteiger charge is 2.35. The highest BCUT2D eigenvalue weighted by atomic mass is 16.4. The molecule has 6 amide bonds. The Morgan fingerprint density at radius 2 is 0.984 bits per heavy atom. The highest BCUT2D eigenvalue weighted by Crippen LogP contribution is 2.19. The maximum atomic E-state index is 13.9. The minimum atomic E-state index is -1.99. The van der Waals surface area contributed by atoms with Crippen LogP contribution in [0.2, 0.25) is 0 Å². The van der Waals surface area contributed by atoms with Gasteiger partial charge in [-0.05, 0) is 30.5 Å². The predicted molar refractivity (Wildman–Crippen MR) is 219 cm³/mol. The average Bonchev–Trinajstić information content (AvgIpc) is 3.63. The number of aromatic amines is 1. The van der Waals surface area contributed by atoms with E-state index in [1.54, 1.807) is 54.6 Å². The van der Waals surface area contributed by atoms with E-state index in [0.29, 0.717) is 22.0 Å². The summed E-state index contributed by atoms with van der Waals surface area (Å²) in [5.74, 6) is -14.7. The van der Waals surface area contributed by atoms with Gasteiger partial charge in [-0.15, -0.1) is 0 Å². The number of amides is 6. The number of para-hydroxylation sites is 1. The van der Waals surface area contributed by atoms with Gasteiger partial charge in [0.15, 0.2) is 0 Å². The van der Waals surface area contributed by atoms with Crippen LogP contribution in [0.5, 0.6) is 0 Å². The van der Waals surface area contributed by atoms with Crippen molar-refractivity contribution in [3.8, 4) is 0 Å². The zero-order chi connectivity index (χ0) is 47.7. The van der Waals surface area contributed by atoms with Gasteiger partial charge in [-0.1, -0.05) is 48.5 Å². The van der Waals surface area contributed by atoms with E-state index >= 15 is 0 Å². The fourth-order valence-electron chi connectivity index (χ4n) is 6.11. The quantitative estimate of drug-likeness (QED) is 0.0399. The first-order chi connectivity index (χ1) is 30.1. The van der Waals surface area contributed by atoms with E-state index in [2.05, 4.69) is 26.3 Å². The van der Waals surface area contributed by atoms with Crippen molar-refractivity contribution >= 4 is 76.2 Å². The molecule has 0 saturated carbocycles. The zero-order valence-electron chi connectivity index (χ0n) is 34.1. The smallest absolute Gasteiger partial charge is 0.326 e. The number of carbonyl (C=O) groups is 11.